The third kappa shape index (κ3) is 2.81. The maximum absolute atomic E-state index is 12.6. The number of carbonyl (C=O) groups excluding carboxylic acids is 1. The molecule has 0 amide bonds. The summed E-state index contributed by atoms with van der Waals surface area (Å²) >= 11 is 5.93. The lowest BCUT2D eigenvalue weighted by Gasteiger charge is -2.25. The van der Waals surface area contributed by atoms with E-state index >= 15 is 0 Å². The van der Waals surface area contributed by atoms with Crippen LogP contribution in [0, 0.1) is 0 Å². The van der Waals surface area contributed by atoms with Gasteiger partial charge >= 0.3 is 0 Å². The van der Waals surface area contributed by atoms with Crippen LogP contribution in [0.15, 0.2) is 42.5 Å². The first-order chi connectivity index (χ1) is 10.2. The quantitative estimate of drug-likeness (QED) is 0.755. The van der Waals surface area contributed by atoms with E-state index in [9.17, 15) is 4.79 Å². The predicted molar refractivity (Wildman–Crippen MR) is 84.5 cm³/mol. The molecule has 0 aromatic heterocycles. The van der Waals surface area contributed by atoms with Crippen LogP contribution >= 0.6 is 11.6 Å². The highest BCUT2D eigenvalue weighted by atomic mass is 35.5. The van der Waals surface area contributed by atoms with Crippen molar-refractivity contribution in [3.05, 3.63) is 64.2 Å². The van der Waals surface area contributed by atoms with Crippen molar-refractivity contribution >= 4 is 17.4 Å². The molecule has 2 aromatic carbocycles. The summed E-state index contributed by atoms with van der Waals surface area (Å²) in [5, 5.41) is 0.559. The van der Waals surface area contributed by atoms with Gasteiger partial charge in [0.2, 0.25) is 0 Å². The predicted octanol–water partition coefficient (Wildman–Crippen LogP) is 4.85. The fourth-order valence-corrected chi connectivity index (χ4v) is 2.82. The Kier molecular flexibility index (Phi) is 3.98. The summed E-state index contributed by atoms with van der Waals surface area (Å²) in [6, 6.07) is 13.0. The molecule has 108 valence electrons. The maximum atomic E-state index is 12.6. The number of benzene rings is 2. The largest absolute Gasteiger partial charge is 0.496 e. The molecule has 0 spiro atoms. The van der Waals surface area contributed by atoms with Gasteiger partial charge in [-0.3, -0.25) is 4.79 Å². The molecule has 3 heteroatoms. The highest BCUT2D eigenvalue weighted by Gasteiger charge is 2.20. The minimum Gasteiger partial charge on any atom is -0.496 e. The van der Waals surface area contributed by atoms with Gasteiger partial charge in [-0.05, 0) is 42.5 Å². The number of methoxy groups -OCH3 is 1. The Bertz CT molecular complexity index is 657. The molecule has 21 heavy (non-hydrogen) atoms. The van der Waals surface area contributed by atoms with Crippen LogP contribution in [0.1, 0.15) is 46.7 Å². The lowest BCUT2D eigenvalue weighted by Crippen LogP contribution is -2.09. The first-order valence-electron chi connectivity index (χ1n) is 7.17. The number of hydrogen-bond donors (Lipinski definition) is 0. The monoisotopic (exact) mass is 300 g/mol. The third-order valence-electron chi connectivity index (χ3n) is 4.16. The molecular formula is C18H17ClO2. The number of halogens is 1. The average molecular weight is 301 g/mol. The zero-order valence-electron chi connectivity index (χ0n) is 11.9. The molecule has 0 bridgehead atoms. The number of hydrogen-bond acceptors (Lipinski definition) is 2. The van der Waals surface area contributed by atoms with E-state index < -0.39 is 0 Å². The van der Waals surface area contributed by atoms with E-state index in [1.54, 1.807) is 25.3 Å². The van der Waals surface area contributed by atoms with Crippen LogP contribution in [0.4, 0.5) is 0 Å². The number of ketones is 1. The van der Waals surface area contributed by atoms with Crippen molar-refractivity contribution in [3.63, 3.8) is 0 Å². The molecule has 0 unspecified atom stereocenters. The summed E-state index contributed by atoms with van der Waals surface area (Å²) in [6.45, 7) is 0. The van der Waals surface area contributed by atoms with Crippen LogP contribution in [0.3, 0.4) is 0 Å². The Morgan fingerprint density at radius 3 is 2.43 bits per heavy atom. The lowest BCUT2D eigenvalue weighted by molar-refractivity contribution is 0.103. The van der Waals surface area contributed by atoms with Gasteiger partial charge in [-0.1, -0.05) is 42.3 Å². The Balaban J connectivity index is 1.87. The fourth-order valence-electron chi connectivity index (χ4n) is 2.66. The van der Waals surface area contributed by atoms with Gasteiger partial charge in [0.25, 0.3) is 0 Å². The van der Waals surface area contributed by atoms with E-state index in [-0.39, 0.29) is 5.78 Å². The van der Waals surface area contributed by atoms with Crippen molar-refractivity contribution in [2.24, 2.45) is 0 Å². The highest BCUT2D eigenvalue weighted by Crippen LogP contribution is 2.36. The van der Waals surface area contributed by atoms with Gasteiger partial charge in [-0.15, -0.1) is 0 Å². The van der Waals surface area contributed by atoms with Crippen molar-refractivity contribution in [1.29, 1.82) is 0 Å². The Morgan fingerprint density at radius 1 is 1.14 bits per heavy atom. The van der Waals surface area contributed by atoms with E-state index in [1.807, 2.05) is 12.1 Å². The first-order valence-corrected chi connectivity index (χ1v) is 7.55. The van der Waals surface area contributed by atoms with Gasteiger partial charge in [-0.2, -0.15) is 0 Å². The van der Waals surface area contributed by atoms with Crippen LogP contribution in [0.2, 0.25) is 5.02 Å². The van der Waals surface area contributed by atoms with Gasteiger partial charge in [0, 0.05) is 10.6 Å². The van der Waals surface area contributed by atoms with Crippen molar-refractivity contribution in [2.75, 3.05) is 7.11 Å². The zero-order valence-corrected chi connectivity index (χ0v) is 12.7. The molecule has 1 fully saturated rings. The molecule has 0 N–H and O–H groups in total. The van der Waals surface area contributed by atoms with Gasteiger partial charge in [0.1, 0.15) is 5.75 Å². The van der Waals surface area contributed by atoms with E-state index in [2.05, 4.69) is 12.1 Å². The van der Waals surface area contributed by atoms with Crippen molar-refractivity contribution in [1.82, 2.24) is 0 Å². The van der Waals surface area contributed by atoms with Gasteiger partial charge in [0.15, 0.2) is 5.78 Å². The van der Waals surface area contributed by atoms with Crippen molar-refractivity contribution in [2.45, 2.75) is 25.2 Å². The minimum absolute atomic E-state index is 0.0383. The molecule has 0 aliphatic heterocycles. The van der Waals surface area contributed by atoms with E-state index in [4.69, 9.17) is 16.3 Å². The zero-order chi connectivity index (χ0) is 14.8. The summed E-state index contributed by atoms with van der Waals surface area (Å²) in [5.41, 5.74) is 2.55. The average Bonchev–Trinajstić information content (AvgIpc) is 2.45. The topological polar surface area (TPSA) is 26.3 Å². The minimum atomic E-state index is -0.0383. The molecule has 2 aromatic rings. The van der Waals surface area contributed by atoms with Crippen LogP contribution in [0.25, 0.3) is 0 Å². The Morgan fingerprint density at radius 2 is 1.86 bits per heavy atom. The summed E-state index contributed by atoms with van der Waals surface area (Å²) in [5.74, 6) is 1.15. The Labute approximate surface area is 129 Å². The molecule has 1 aliphatic rings. The second kappa shape index (κ2) is 5.90. The summed E-state index contributed by atoms with van der Waals surface area (Å²) in [6.07, 6.45) is 3.84. The van der Waals surface area contributed by atoms with E-state index in [0.717, 1.165) is 0 Å². The highest BCUT2D eigenvalue weighted by molar-refractivity contribution is 6.31. The third-order valence-corrected chi connectivity index (χ3v) is 4.39. The van der Waals surface area contributed by atoms with Crippen LogP contribution < -0.4 is 4.74 Å². The SMILES string of the molecule is COc1cc(Cl)ccc1C(=O)c1ccc(C2CCC2)cc1. The van der Waals surface area contributed by atoms with Crippen molar-refractivity contribution < 1.29 is 9.53 Å². The number of rotatable bonds is 4. The molecule has 0 heterocycles. The molecule has 1 saturated carbocycles. The molecule has 1 aliphatic carbocycles. The molecule has 2 nitrogen and oxygen atoms in total. The molecular weight excluding hydrogens is 284 g/mol. The van der Waals surface area contributed by atoms with Crippen LogP contribution in [-0.4, -0.2) is 12.9 Å². The van der Waals surface area contributed by atoms with E-state index in [0.29, 0.717) is 27.8 Å². The summed E-state index contributed by atoms with van der Waals surface area (Å²) < 4.78 is 5.25. The van der Waals surface area contributed by atoms with Crippen LogP contribution in [-0.2, 0) is 0 Å². The van der Waals surface area contributed by atoms with Crippen LogP contribution in [0.5, 0.6) is 5.75 Å². The summed E-state index contributed by atoms with van der Waals surface area (Å²) in [7, 11) is 1.54. The van der Waals surface area contributed by atoms with Crippen molar-refractivity contribution in [3.8, 4) is 5.75 Å². The van der Waals surface area contributed by atoms with Gasteiger partial charge in [-0.25, -0.2) is 0 Å². The standard InChI is InChI=1S/C18H17ClO2/c1-21-17-11-15(19)9-10-16(17)18(20)14-7-5-13(6-8-14)12-3-2-4-12/h5-12H,2-4H2,1H3. The first kappa shape index (κ1) is 14.2. The molecule has 0 radical (unpaired) electrons. The summed E-state index contributed by atoms with van der Waals surface area (Å²) in [4.78, 5) is 12.6. The molecule has 0 atom stereocenters. The lowest BCUT2D eigenvalue weighted by atomic mass is 9.80. The normalized spacial score (nSPS) is 14.6. The van der Waals surface area contributed by atoms with Gasteiger partial charge < -0.3 is 4.74 Å². The van der Waals surface area contributed by atoms with Gasteiger partial charge in [0.05, 0.1) is 12.7 Å². The number of carbonyl (C=O) groups is 1. The molecule has 0 saturated heterocycles. The second-order valence-electron chi connectivity index (χ2n) is 5.42. The second-order valence-corrected chi connectivity index (χ2v) is 5.86. The number of ether oxygens (including phenoxy) is 1. The van der Waals surface area contributed by atoms with E-state index in [1.165, 1.54) is 24.8 Å². The fraction of sp³-hybridized carbons (Fsp3) is 0.278. The maximum Gasteiger partial charge on any atom is 0.196 e. The Hall–Kier alpha value is -1.80. The molecule has 3 rings (SSSR count). The smallest absolute Gasteiger partial charge is 0.196 e.